The van der Waals surface area contributed by atoms with Crippen LogP contribution in [0.3, 0.4) is 0 Å². The van der Waals surface area contributed by atoms with Gasteiger partial charge in [-0.1, -0.05) is 71.1 Å². The first-order chi connectivity index (χ1) is 9.25. The maximum atomic E-state index is 10.7. The molecule has 0 aliphatic rings. The lowest BCUT2D eigenvalue weighted by atomic mass is 10.1. The summed E-state index contributed by atoms with van der Waals surface area (Å²) in [5.74, 6) is -1.72. The van der Waals surface area contributed by atoms with Crippen LogP contribution in [0, 0.1) is 0 Å². The van der Waals surface area contributed by atoms with Gasteiger partial charge in [-0.2, -0.15) is 0 Å². The highest BCUT2D eigenvalue weighted by Crippen LogP contribution is 2.11. The van der Waals surface area contributed by atoms with Crippen LogP contribution in [0.1, 0.15) is 89.4 Å². The van der Waals surface area contributed by atoms with E-state index in [-0.39, 0.29) is 6.42 Å². The molecule has 96 valence electrons. The Morgan fingerprint density at radius 1 is 0.938 bits per heavy atom. The zero-order valence-corrected chi connectivity index (χ0v) is 10.4. The number of hydrogen-bond donors (Lipinski definition) is 1. The number of aliphatic carboxylic acids is 1. The van der Waals surface area contributed by atoms with Gasteiger partial charge in [-0.15, -0.1) is 0 Å². The molecule has 0 saturated heterocycles. The van der Waals surface area contributed by atoms with E-state index in [1.54, 1.807) is 0 Å². The van der Waals surface area contributed by atoms with Gasteiger partial charge in [0.05, 0.1) is 0 Å². The van der Waals surface area contributed by atoms with Gasteiger partial charge in [0, 0.05) is 11.9 Å². The normalized spacial score (nSPS) is 16.1. The van der Waals surface area contributed by atoms with E-state index in [2.05, 4.69) is 6.92 Å². The van der Waals surface area contributed by atoms with Gasteiger partial charge in [0.25, 0.3) is 0 Å². The van der Waals surface area contributed by atoms with Crippen molar-refractivity contribution in [2.45, 2.75) is 83.9 Å². The number of hydrogen-bond acceptors (Lipinski definition) is 1. The molecule has 0 amide bonds. The summed E-state index contributed by atoms with van der Waals surface area (Å²) < 4.78 is 29.7. The second kappa shape index (κ2) is 12.5. The molecule has 16 heavy (non-hydrogen) atoms. The molecule has 2 heteroatoms. The highest BCUT2D eigenvalue weighted by Gasteiger charge is 1.96. The lowest BCUT2D eigenvalue weighted by Gasteiger charge is -2.01. The topological polar surface area (TPSA) is 37.3 Å². The molecular weight excluding hydrogens is 200 g/mol. The number of rotatable bonds is 12. The Bertz CT molecular complexity index is 280. The zero-order chi connectivity index (χ0) is 15.6. The molecule has 0 aromatic carbocycles. The summed E-state index contributed by atoms with van der Waals surface area (Å²) in [6.07, 6.45) is 4.59. The predicted octanol–water partition coefficient (Wildman–Crippen LogP) is 4.77. The van der Waals surface area contributed by atoms with Crippen molar-refractivity contribution in [1.82, 2.24) is 0 Å². The second-order valence-electron chi connectivity index (χ2n) is 4.19. The van der Waals surface area contributed by atoms with E-state index in [4.69, 9.17) is 10.6 Å². The van der Waals surface area contributed by atoms with E-state index < -0.39 is 18.7 Å². The molecule has 0 aliphatic heterocycles. The fourth-order valence-electron chi connectivity index (χ4n) is 1.66. The van der Waals surface area contributed by atoms with Crippen molar-refractivity contribution < 1.29 is 15.4 Å². The molecule has 0 unspecified atom stereocenters. The van der Waals surface area contributed by atoms with Crippen molar-refractivity contribution >= 4 is 5.97 Å². The average Bonchev–Trinajstić information content (AvgIpc) is 2.36. The Labute approximate surface area is 106 Å². The van der Waals surface area contributed by atoms with Crippen molar-refractivity contribution in [2.75, 3.05) is 0 Å². The SMILES string of the molecule is [2H]C([2H])(CCCCCCCCCCC)C([2H])([2H])C(=O)O. The molecule has 0 heterocycles. The smallest absolute Gasteiger partial charge is 0.303 e. The van der Waals surface area contributed by atoms with E-state index in [1.165, 1.54) is 32.1 Å². The summed E-state index contributed by atoms with van der Waals surface area (Å²) in [5.41, 5.74) is 0. The average molecular weight is 232 g/mol. The summed E-state index contributed by atoms with van der Waals surface area (Å²) in [4.78, 5) is 10.7. The molecule has 0 rings (SSSR count). The zero-order valence-electron chi connectivity index (χ0n) is 14.4. The minimum Gasteiger partial charge on any atom is -0.481 e. The Morgan fingerprint density at radius 3 is 1.81 bits per heavy atom. The molecule has 0 saturated carbocycles. The number of carbonyl (C=O) groups is 1. The third-order valence-corrected chi connectivity index (χ3v) is 2.60. The maximum absolute atomic E-state index is 10.7. The molecular formula is C14H28O2. The molecule has 0 aliphatic carbocycles. The molecule has 0 atom stereocenters. The van der Waals surface area contributed by atoms with Crippen LogP contribution < -0.4 is 0 Å². The molecule has 0 aromatic rings. The first-order valence-electron chi connectivity index (χ1n) is 8.49. The van der Waals surface area contributed by atoms with Gasteiger partial charge in [0.15, 0.2) is 0 Å². The monoisotopic (exact) mass is 232 g/mol. The van der Waals surface area contributed by atoms with Gasteiger partial charge in [-0.25, -0.2) is 0 Å². The fraction of sp³-hybridized carbons (Fsp3) is 0.929. The Kier molecular flexibility index (Phi) is 7.44. The number of carboxylic acids is 1. The maximum Gasteiger partial charge on any atom is 0.303 e. The molecule has 0 aromatic heterocycles. The summed E-state index contributed by atoms with van der Waals surface area (Å²) in [6, 6.07) is 0. The first-order valence-corrected chi connectivity index (χ1v) is 6.49. The summed E-state index contributed by atoms with van der Waals surface area (Å²) in [5, 5.41) is 8.71. The van der Waals surface area contributed by atoms with Crippen LogP contribution in [0.5, 0.6) is 0 Å². The minimum absolute atomic E-state index is 0.0395. The predicted molar refractivity (Wildman–Crippen MR) is 68.7 cm³/mol. The Morgan fingerprint density at radius 2 is 1.38 bits per heavy atom. The lowest BCUT2D eigenvalue weighted by Crippen LogP contribution is -1.93. The quantitative estimate of drug-likeness (QED) is 0.492. The van der Waals surface area contributed by atoms with E-state index in [0.717, 1.165) is 19.3 Å². The van der Waals surface area contributed by atoms with Crippen molar-refractivity contribution in [1.29, 1.82) is 0 Å². The molecule has 0 fully saturated rings. The largest absolute Gasteiger partial charge is 0.481 e. The lowest BCUT2D eigenvalue weighted by molar-refractivity contribution is -0.137. The van der Waals surface area contributed by atoms with Crippen molar-refractivity contribution in [3.05, 3.63) is 0 Å². The molecule has 1 N–H and O–H groups in total. The van der Waals surface area contributed by atoms with E-state index >= 15 is 0 Å². The van der Waals surface area contributed by atoms with Crippen LogP contribution >= 0.6 is 0 Å². The Balaban J connectivity index is 3.71. The standard InChI is InChI=1S/C14H28O2/c1-2-3-4-5-6-7-8-9-10-11-12-13-14(15)16/h2-13H2,1H3,(H,15,16)/i12D2,13D2. The first kappa shape index (κ1) is 9.49. The van der Waals surface area contributed by atoms with Crippen molar-refractivity contribution in [2.24, 2.45) is 0 Å². The highest BCUT2D eigenvalue weighted by atomic mass is 16.4. The van der Waals surface area contributed by atoms with Crippen molar-refractivity contribution in [3.63, 3.8) is 0 Å². The molecule has 0 spiro atoms. The van der Waals surface area contributed by atoms with E-state index in [1.807, 2.05) is 0 Å². The van der Waals surface area contributed by atoms with E-state index in [9.17, 15) is 4.79 Å². The van der Waals surface area contributed by atoms with Gasteiger partial charge < -0.3 is 5.11 Å². The highest BCUT2D eigenvalue weighted by molar-refractivity contribution is 5.66. The van der Waals surface area contributed by atoms with Gasteiger partial charge in [-0.05, 0) is 6.37 Å². The number of carboxylic acid groups (broad SMARTS) is 1. The van der Waals surface area contributed by atoms with Gasteiger partial charge in [0.1, 0.15) is 0 Å². The van der Waals surface area contributed by atoms with Gasteiger partial charge in [0.2, 0.25) is 0 Å². The van der Waals surface area contributed by atoms with Crippen LogP contribution in [0.15, 0.2) is 0 Å². The molecule has 2 nitrogen and oxygen atoms in total. The van der Waals surface area contributed by atoms with Crippen LogP contribution in [0.25, 0.3) is 0 Å². The Hall–Kier alpha value is -0.530. The summed E-state index contributed by atoms with van der Waals surface area (Å²) in [6.45, 7) is 2.18. The third-order valence-electron chi connectivity index (χ3n) is 2.60. The van der Waals surface area contributed by atoms with Crippen LogP contribution in [-0.2, 0) is 4.79 Å². The van der Waals surface area contributed by atoms with Crippen LogP contribution in [0.4, 0.5) is 0 Å². The minimum atomic E-state index is -2.81. The molecule has 0 radical (unpaired) electrons. The van der Waals surface area contributed by atoms with Crippen molar-refractivity contribution in [3.8, 4) is 0 Å². The van der Waals surface area contributed by atoms with Gasteiger partial charge >= 0.3 is 5.97 Å². The fourth-order valence-corrected chi connectivity index (χ4v) is 1.66. The van der Waals surface area contributed by atoms with Crippen LogP contribution in [-0.4, -0.2) is 11.1 Å². The summed E-state index contributed by atoms with van der Waals surface area (Å²) >= 11 is 0. The van der Waals surface area contributed by atoms with E-state index in [0.29, 0.717) is 6.42 Å². The van der Waals surface area contributed by atoms with Gasteiger partial charge in [-0.3, -0.25) is 4.79 Å². The van der Waals surface area contributed by atoms with Crippen LogP contribution in [0.2, 0.25) is 0 Å². The summed E-state index contributed by atoms with van der Waals surface area (Å²) in [7, 11) is 0. The third kappa shape index (κ3) is 13.5. The second-order valence-corrected chi connectivity index (χ2v) is 4.19. The molecule has 0 bridgehead atoms. The number of unbranched alkanes of at least 4 members (excludes halogenated alkanes) is 8.